The summed E-state index contributed by atoms with van der Waals surface area (Å²) in [7, 11) is 1.53. The molecule has 3 aliphatic heterocycles. The molecule has 0 aromatic carbocycles. The Balaban J connectivity index is 1.43. The highest BCUT2D eigenvalue weighted by Gasteiger charge is 2.54. The number of likely N-dealkylation sites (N-methyl/N-ethyl adjacent to an activating group) is 1. The average Bonchev–Trinajstić information content (AvgIpc) is 2.86. The van der Waals surface area contributed by atoms with E-state index in [-0.39, 0.29) is 12.8 Å². The van der Waals surface area contributed by atoms with Crippen molar-refractivity contribution in [2.75, 3.05) is 13.7 Å². The van der Waals surface area contributed by atoms with Gasteiger partial charge in [-0.25, -0.2) is 0 Å². The quantitative estimate of drug-likeness (QED) is 0.149. The molecule has 216 valence electrons. The van der Waals surface area contributed by atoms with Gasteiger partial charge in [0.05, 0.1) is 30.9 Å². The Labute approximate surface area is 213 Å². The van der Waals surface area contributed by atoms with Gasteiger partial charge in [-0.1, -0.05) is 0 Å². The van der Waals surface area contributed by atoms with Crippen LogP contribution in [0.2, 0.25) is 0 Å². The molecule has 0 spiro atoms. The van der Waals surface area contributed by atoms with E-state index >= 15 is 0 Å². The summed E-state index contributed by atoms with van der Waals surface area (Å²) >= 11 is 0. The van der Waals surface area contributed by atoms with Crippen LogP contribution in [0.1, 0.15) is 12.8 Å². The van der Waals surface area contributed by atoms with Crippen LogP contribution in [0.3, 0.4) is 0 Å². The Kier molecular flexibility index (Phi) is 9.40. The Bertz CT molecular complexity index is 754. The predicted octanol–water partition coefficient (Wildman–Crippen LogP) is -6.92. The molecular weight excluding hydrogens is 500 g/mol. The molecule has 14 N–H and O–H groups in total. The maximum Gasteiger partial charge on any atom is 0.189 e. The van der Waals surface area contributed by atoms with Gasteiger partial charge >= 0.3 is 0 Å². The molecular formula is C21H40N4O12. The van der Waals surface area contributed by atoms with Gasteiger partial charge in [0.1, 0.15) is 48.8 Å². The van der Waals surface area contributed by atoms with E-state index in [1.807, 2.05) is 0 Å². The second kappa shape index (κ2) is 11.8. The lowest BCUT2D eigenvalue weighted by molar-refractivity contribution is -0.378. The van der Waals surface area contributed by atoms with Gasteiger partial charge in [-0.05, 0) is 19.9 Å². The Morgan fingerprint density at radius 3 is 2.05 bits per heavy atom. The van der Waals surface area contributed by atoms with Gasteiger partial charge in [0, 0.05) is 12.1 Å². The third-order valence-corrected chi connectivity index (χ3v) is 7.65. The van der Waals surface area contributed by atoms with Crippen LogP contribution in [0.5, 0.6) is 0 Å². The molecule has 3 saturated heterocycles. The van der Waals surface area contributed by atoms with Gasteiger partial charge in [-0.15, -0.1) is 0 Å². The van der Waals surface area contributed by atoms with Gasteiger partial charge in [0.25, 0.3) is 0 Å². The monoisotopic (exact) mass is 540 g/mol. The molecule has 4 rings (SSSR count). The standard InChI is InChI=1S/C21H40N4O12/c1-25-10-13(29)18-8(33-20(10)37-21-16(32)14(30)12(28)9(4-26)34-21)3-7(24)19(36-18)35-17-6(23)2-5(22)11(27)15(17)31/h5-21,25-32H,2-4,22-24H2,1H3. The molecule has 17 unspecified atom stereocenters. The zero-order valence-corrected chi connectivity index (χ0v) is 20.3. The first-order chi connectivity index (χ1) is 17.5. The van der Waals surface area contributed by atoms with Crippen molar-refractivity contribution in [2.45, 2.75) is 117 Å². The van der Waals surface area contributed by atoms with Crippen molar-refractivity contribution in [1.82, 2.24) is 5.32 Å². The smallest absolute Gasteiger partial charge is 0.189 e. The lowest BCUT2D eigenvalue weighted by atomic mass is 9.84. The second-order valence-electron chi connectivity index (χ2n) is 10.2. The maximum atomic E-state index is 11.1. The number of aliphatic hydroxyl groups excluding tert-OH is 7. The number of nitrogens with two attached hydrogens (primary N) is 3. The summed E-state index contributed by atoms with van der Waals surface area (Å²) < 4.78 is 29.0. The van der Waals surface area contributed by atoms with Gasteiger partial charge in [0.2, 0.25) is 0 Å². The van der Waals surface area contributed by atoms with Crippen LogP contribution in [0.25, 0.3) is 0 Å². The van der Waals surface area contributed by atoms with Crippen LogP contribution >= 0.6 is 0 Å². The third-order valence-electron chi connectivity index (χ3n) is 7.65. The van der Waals surface area contributed by atoms with Gasteiger partial charge in [-0.3, -0.25) is 0 Å². The number of aliphatic hydroxyl groups is 7. The van der Waals surface area contributed by atoms with Crippen molar-refractivity contribution in [3.05, 3.63) is 0 Å². The van der Waals surface area contributed by atoms with Crippen molar-refractivity contribution in [2.24, 2.45) is 17.2 Å². The molecule has 4 fully saturated rings. The number of nitrogens with one attached hydrogen (secondary N) is 1. The van der Waals surface area contributed by atoms with Crippen LogP contribution < -0.4 is 22.5 Å². The molecule has 16 nitrogen and oxygen atoms in total. The molecule has 4 aliphatic rings. The van der Waals surface area contributed by atoms with Crippen molar-refractivity contribution in [1.29, 1.82) is 0 Å². The minimum atomic E-state index is -1.66. The van der Waals surface area contributed by atoms with E-state index in [9.17, 15) is 35.7 Å². The van der Waals surface area contributed by atoms with Crippen molar-refractivity contribution >= 4 is 0 Å². The fraction of sp³-hybridized carbons (Fsp3) is 1.00. The molecule has 0 aromatic heterocycles. The van der Waals surface area contributed by atoms with E-state index in [1.165, 1.54) is 7.05 Å². The summed E-state index contributed by atoms with van der Waals surface area (Å²) in [5.41, 5.74) is 18.2. The van der Waals surface area contributed by atoms with E-state index < -0.39 is 111 Å². The van der Waals surface area contributed by atoms with Crippen LogP contribution in [0.15, 0.2) is 0 Å². The van der Waals surface area contributed by atoms with E-state index in [0.717, 1.165) is 0 Å². The van der Waals surface area contributed by atoms with Crippen LogP contribution in [-0.4, -0.2) is 153 Å². The molecule has 0 radical (unpaired) electrons. The van der Waals surface area contributed by atoms with Gasteiger partial charge in [0.15, 0.2) is 18.9 Å². The highest BCUT2D eigenvalue weighted by molar-refractivity contribution is 5.01. The Hall–Kier alpha value is -0.640. The summed E-state index contributed by atoms with van der Waals surface area (Å²) in [6.07, 6.45) is -16.1. The highest BCUT2D eigenvalue weighted by Crippen LogP contribution is 2.35. The number of hydrogen-bond acceptors (Lipinski definition) is 16. The van der Waals surface area contributed by atoms with E-state index in [1.54, 1.807) is 0 Å². The predicted molar refractivity (Wildman–Crippen MR) is 121 cm³/mol. The summed E-state index contributed by atoms with van der Waals surface area (Å²) in [5.74, 6) is 0. The summed E-state index contributed by atoms with van der Waals surface area (Å²) in [6.45, 7) is -0.633. The molecule has 0 amide bonds. The SMILES string of the molecule is CNC1C(OC2OC(CO)C(O)C(O)C2O)OC2CC(N)C(OC3C(N)CC(N)C(O)C3O)OC2C1O. The lowest BCUT2D eigenvalue weighted by Gasteiger charge is -2.51. The summed E-state index contributed by atoms with van der Waals surface area (Å²) in [5, 5.41) is 74.3. The first-order valence-corrected chi connectivity index (χ1v) is 12.4. The third kappa shape index (κ3) is 5.66. The highest BCUT2D eigenvalue weighted by atomic mass is 16.8. The van der Waals surface area contributed by atoms with E-state index in [4.69, 9.17) is 40.9 Å². The molecule has 16 heteroatoms. The van der Waals surface area contributed by atoms with Crippen molar-refractivity contribution in [3.63, 3.8) is 0 Å². The minimum Gasteiger partial charge on any atom is -0.394 e. The van der Waals surface area contributed by atoms with Crippen molar-refractivity contribution < 1.29 is 59.4 Å². The minimum absolute atomic E-state index is 0.136. The number of rotatable bonds is 6. The van der Waals surface area contributed by atoms with Gasteiger partial charge < -0.3 is 81.9 Å². The number of hydrogen-bond donors (Lipinski definition) is 11. The molecule has 0 bridgehead atoms. The molecule has 1 saturated carbocycles. The topological polar surface area (TPSA) is 278 Å². The van der Waals surface area contributed by atoms with E-state index in [2.05, 4.69) is 5.32 Å². The van der Waals surface area contributed by atoms with Crippen LogP contribution in [0.4, 0.5) is 0 Å². The van der Waals surface area contributed by atoms with E-state index in [0.29, 0.717) is 0 Å². The first kappa shape index (κ1) is 29.3. The first-order valence-electron chi connectivity index (χ1n) is 12.4. The lowest BCUT2D eigenvalue weighted by Crippen LogP contribution is -2.70. The fourth-order valence-corrected chi connectivity index (χ4v) is 5.41. The van der Waals surface area contributed by atoms with Crippen molar-refractivity contribution in [3.8, 4) is 0 Å². The Morgan fingerprint density at radius 2 is 1.41 bits per heavy atom. The van der Waals surface area contributed by atoms with Gasteiger partial charge in [-0.2, -0.15) is 0 Å². The van der Waals surface area contributed by atoms with Crippen LogP contribution in [-0.2, 0) is 23.7 Å². The zero-order chi connectivity index (χ0) is 27.2. The fourth-order valence-electron chi connectivity index (χ4n) is 5.41. The largest absolute Gasteiger partial charge is 0.394 e. The Morgan fingerprint density at radius 1 is 0.703 bits per heavy atom. The molecule has 0 aromatic rings. The summed E-state index contributed by atoms with van der Waals surface area (Å²) in [6, 6.07) is -3.08. The molecule has 37 heavy (non-hydrogen) atoms. The number of fused-ring (bicyclic) bond motifs is 1. The maximum absolute atomic E-state index is 11.1. The molecule has 3 heterocycles. The number of ether oxygens (including phenoxy) is 5. The zero-order valence-electron chi connectivity index (χ0n) is 20.3. The normalized spacial score (nSPS) is 55.1. The second-order valence-corrected chi connectivity index (χ2v) is 10.2. The molecule has 1 aliphatic carbocycles. The summed E-state index contributed by atoms with van der Waals surface area (Å²) in [4.78, 5) is 0. The van der Waals surface area contributed by atoms with Crippen LogP contribution in [0, 0.1) is 0 Å². The average molecular weight is 541 g/mol. The molecule has 17 atom stereocenters.